The van der Waals surface area contributed by atoms with Crippen LogP contribution in [0.3, 0.4) is 0 Å². The average Bonchev–Trinajstić information content (AvgIpc) is 3.00. The van der Waals surface area contributed by atoms with Gasteiger partial charge in [-0.25, -0.2) is 4.98 Å². The molecule has 0 radical (unpaired) electrons. The lowest BCUT2D eigenvalue weighted by molar-refractivity contribution is -0.120. The standard InChI is InChI=1S/C16H28N4O2S/c1-12(21)10-20-7-4-14(5-8-20)11-19(3)13(2)15(22)18-16-17-6-9-23-16/h6,9,12-14,21H,4-5,7-8,10-11H2,1-3H3,(H,17,18,22). The molecular weight excluding hydrogens is 312 g/mol. The van der Waals surface area contributed by atoms with Crippen molar-refractivity contribution in [3.8, 4) is 0 Å². The maximum atomic E-state index is 12.2. The molecule has 2 unspecified atom stereocenters. The van der Waals surface area contributed by atoms with Gasteiger partial charge in [-0.05, 0) is 52.7 Å². The first-order valence-corrected chi connectivity index (χ1v) is 9.14. The van der Waals surface area contributed by atoms with Crippen molar-refractivity contribution in [3.63, 3.8) is 0 Å². The van der Waals surface area contributed by atoms with Crippen LogP contribution in [0.15, 0.2) is 11.6 Å². The van der Waals surface area contributed by atoms with Crippen molar-refractivity contribution in [3.05, 3.63) is 11.6 Å². The van der Waals surface area contributed by atoms with Crippen molar-refractivity contribution in [2.75, 3.05) is 38.5 Å². The first kappa shape index (κ1) is 18.3. The monoisotopic (exact) mass is 340 g/mol. The largest absolute Gasteiger partial charge is 0.392 e. The number of aliphatic hydroxyl groups is 1. The number of nitrogens with one attached hydrogen (secondary N) is 1. The van der Waals surface area contributed by atoms with E-state index in [1.807, 2.05) is 26.3 Å². The molecule has 2 atom stereocenters. The summed E-state index contributed by atoms with van der Waals surface area (Å²) in [6.45, 7) is 7.52. The number of likely N-dealkylation sites (N-methyl/N-ethyl adjacent to an activating group) is 1. The number of carbonyl (C=O) groups excluding carboxylic acids is 1. The average molecular weight is 340 g/mol. The summed E-state index contributed by atoms with van der Waals surface area (Å²) in [5, 5.41) is 14.8. The molecule has 1 aromatic heterocycles. The highest BCUT2D eigenvalue weighted by Gasteiger charge is 2.25. The molecule has 0 saturated carbocycles. The minimum atomic E-state index is -0.260. The molecule has 1 fully saturated rings. The van der Waals surface area contributed by atoms with Crippen LogP contribution in [0.4, 0.5) is 5.13 Å². The summed E-state index contributed by atoms with van der Waals surface area (Å²) < 4.78 is 0. The Bertz CT molecular complexity index is 472. The third-order valence-electron chi connectivity index (χ3n) is 4.48. The van der Waals surface area contributed by atoms with Gasteiger partial charge in [-0.15, -0.1) is 11.3 Å². The van der Waals surface area contributed by atoms with Crippen LogP contribution >= 0.6 is 11.3 Å². The smallest absolute Gasteiger partial charge is 0.243 e. The number of aliphatic hydroxyl groups excluding tert-OH is 1. The fraction of sp³-hybridized carbons (Fsp3) is 0.750. The summed E-state index contributed by atoms with van der Waals surface area (Å²) in [6.07, 6.45) is 3.68. The topological polar surface area (TPSA) is 68.7 Å². The predicted octanol–water partition coefficient (Wildman–Crippen LogP) is 1.49. The Hall–Kier alpha value is -1.02. The van der Waals surface area contributed by atoms with E-state index in [9.17, 15) is 9.90 Å². The number of amides is 1. The number of carbonyl (C=O) groups is 1. The van der Waals surface area contributed by atoms with Crippen LogP contribution in [0.2, 0.25) is 0 Å². The lowest BCUT2D eigenvalue weighted by atomic mass is 9.95. The van der Waals surface area contributed by atoms with E-state index in [-0.39, 0.29) is 18.1 Å². The Labute approximate surface area is 142 Å². The molecule has 1 aliphatic heterocycles. The summed E-state index contributed by atoms with van der Waals surface area (Å²) in [7, 11) is 2.01. The fourth-order valence-corrected chi connectivity index (χ4v) is 3.52. The molecule has 1 amide bonds. The molecule has 0 spiro atoms. The van der Waals surface area contributed by atoms with Gasteiger partial charge in [0.05, 0.1) is 12.1 Å². The first-order valence-electron chi connectivity index (χ1n) is 8.26. The molecule has 7 heteroatoms. The quantitative estimate of drug-likeness (QED) is 0.787. The lowest BCUT2D eigenvalue weighted by Crippen LogP contribution is -2.45. The lowest BCUT2D eigenvalue weighted by Gasteiger charge is -2.35. The van der Waals surface area contributed by atoms with Gasteiger partial charge in [0.1, 0.15) is 0 Å². The molecular formula is C16H28N4O2S. The number of hydrogen-bond donors (Lipinski definition) is 2. The summed E-state index contributed by atoms with van der Waals surface area (Å²) in [6, 6.07) is -0.172. The summed E-state index contributed by atoms with van der Waals surface area (Å²) in [5.74, 6) is 0.606. The van der Waals surface area contributed by atoms with E-state index >= 15 is 0 Å². The van der Waals surface area contributed by atoms with Crippen LogP contribution in [0.1, 0.15) is 26.7 Å². The molecule has 1 aromatic rings. The molecule has 1 aliphatic rings. The van der Waals surface area contributed by atoms with Gasteiger partial charge in [0.2, 0.25) is 5.91 Å². The van der Waals surface area contributed by atoms with E-state index in [4.69, 9.17) is 0 Å². The number of thiazole rings is 1. The molecule has 2 N–H and O–H groups in total. The molecule has 0 aromatic carbocycles. The number of β-amino-alcohol motifs (C(OH)–C–C–N with tert-alkyl or cyclic N) is 1. The Balaban J connectivity index is 1.73. The van der Waals surface area contributed by atoms with E-state index in [0.717, 1.165) is 39.0 Å². The highest BCUT2D eigenvalue weighted by Crippen LogP contribution is 2.19. The summed E-state index contributed by atoms with van der Waals surface area (Å²) in [5.41, 5.74) is 0. The summed E-state index contributed by atoms with van der Waals surface area (Å²) >= 11 is 1.43. The molecule has 130 valence electrons. The number of likely N-dealkylation sites (tertiary alicyclic amines) is 1. The molecule has 6 nitrogen and oxygen atoms in total. The van der Waals surface area contributed by atoms with Crippen molar-refractivity contribution < 1.29 is 9.90 Å². The van der Waals surface area contributed by atoms with E-state index < -0.39 is 0 Å². The van der Waals surface area contributed by atoms with Crippen molar-refractivity contribution in [2.45, 2.75) is 38.8 Å². The molecule has 2 heterocycles. The van der Waals surface area contributed by atoms with Gasteiger partial charge in [-0.2, -0.15) is 0 Å². The van der Waals surface area contributed by atoms with Gasteiger partial charge in [0.25, 0.3) is 0 Å². The van der Waals surface area contributed by atoms with Crippen LogP contribution in [0.25, 0.3) is 0 Å². The van der Waals surface area contributed by atoms with E-state index in [2.05, 4.69) is 20.1 Å². The Kier molecular flexibility index (Phi) is 6.95. The zero-order valence-electron chi connectivity index (χ0n) is 14.2. The molecule has 0 aliphatic carbocycles. The SMILES string of the molecule is CC(O)CN1CCC(CN(C)C(C)C(=O)Nc2nccs2)CC1. The van der Waals surface area contributed by atoms with Crippen LogP contribution in [-0.4, -0.2) is 71.2 Å². The third kappa shape index (κ3) is 5.84. The maximum absolute atomic E-state index is 12.2. The van der Waals surface area contributed by atoms with Gasteiger partial charge < -0.3 is 15.3 Å². The van der Waals surface area contributed by atoms with Gasteiger partial charge in [0.15, 0.2) is 5.13 Å². The normalized spacial score (nSPS) is 19.7. The van der Waals surface area contributed by atoms with E-state index in [1.165, 1.54) is 11.3 Å². The Morgan fingerprint density at radius 2 is 2.22 bits per heavy atom. The van der Waals surface area contributed by atoms with Crippen molar-refractivity contribution in [1.82, 2.24) is 14.8 Å². The molecule has 23 heavy (non-hydrogen) atoms. The van der Waals surface area contributed by atoms with Gasteiger partial charge in [-0.3, -0.25) is 9.69 Å². The van der Waals surface area contributed by atoms with E-state index in [0.29, 0.717) is 11.0 Å². The zero-order chi connectivity index (χ0) is 16.8. The second-order valence-electron chi connectivity index (χ2n) is 6.54. The number of hydrogen-bond acceptors (Lipinski definition) is 6. The van der Waals surface area contributed by atoms with E-state index in [1.54, 1.807) is 6.20 Å². The van der Waals surface area contributed by atoms with Crippen molar-refractivity contribution in [2.24, 2.45) is 5.92 Å². The number of nitrogens with zero attached hydrogens (tertiary/aromatic N) is 3. The van der Waals surface area contributed by atoms with Gasteiger partial charge in [-0.1, -0.05) is 0 Å². The Morgan fingerprint density at radius 3 is 2.78 bits per heavy atom. The number of anilines is 1. The Morgan fingerprint density at radius 1 is 1.52 bits per heavy atom. The number of aromatic nitrogens is 1. The number of rotatable bonds is 7. The maximum Gasteiger partial charge on any atom is 0.243 e. The highest BCUT2D eigenvalue weighted by molar-refractivity contribution is 7.13. The second-order valence-corrected chi connectivity index (χ2v) is 7.43. The second kappa shape index (κ2) is 8.73. The predicted molar refractivity (Wildman–Crippen MR) is 93.7 cm³/mol. The van der Waals surface area contributed by atoms with Crippen LogP contribution in [0, 0.1) is 5.92 Å². The zero-order valence-corrected chi connectivity index (χ0v) is 15.1. The first-order chi connectivity index (χ1) is 11.0. The fourth-order valence-electron chi connectivity index (χ4n) is 2.99. The van der Waals surface area contributed by atoms with Gasteiger partial charge in [0, 0.05) is 24.7 Å². The van der Waals surface area contributed by atoms with Crippen LogP contribution < -0.4 is 5.32 Å². The molecule has 2 rings (SSSR count). The van der Waals surface area contributed by atoms with Crippen LogP contribution in [0.5, 0.6) is 0 Å². The minimum absolute atomic E-state index is 0.00556. The van der Waals surface area contributed by atoms with Gasteiger partial charge >= 0.3 is 0 Å². The highest BCUT2D eigenvalue weighted by atomic mass is 32.1. The molecule has 0 bridgehead atoms. The minimum Gasteiger partial charge on any atom is -0.392 e. The summed E-state index contributed by atoms with van der Waals surface area (Å²) in [4.78, 5) is 20.8. The molecule has 1 saturated heterocycles. The van der Waals surface area contributed by atoms with Crippen LogP contribution in [-0.2, 0) is 4.79 Å². The van der Waals surface area contributed by atoms with Crippen molar-refractivity contribution in [1.29, 1.82) is 0 Å². The third-order valence-corrected chi connectivity index (χ3v) is 5.17. The van der Waals surface area contributed by atoms with Crippen molar-refractivity contribution >= 4 is 22.4 Å². The number of piperidine rings is 1.